The van der Waals surface area contributed by atoms with Crippen LogP contribution in [0.25, 0.3) is 0 Å². The summed E-state index contributed by atoms with van der Waals surface area (Å²) in [5.41, 5.74) is 1.48. The van der Waals surface area contributed by atoms with Crippen molar-refractivity contribution in [3.05, 3.63) is 71.3 Å². The number of hydrogen-bond acceptors (Lipinski definition) is 5. The number of thioether (sulfide) groups is 1. The van der Waals surface area contributed by atoms with Crippen LogP contribution < -0.4 is 5.32 Å². The third-order valence-electron chi connectivity index (χ3n) is 6.39. The van der Waals surface area contributed by atoms with Gasteiger partial charge in [-0.1, -0.05) is 24.3 Å². The summed E-state index contributed by atoms with van der Waals surface area (Å²) in [6, 6.07) is 10.6. The van der Waals surface area contributed by atoms with E-state index >= 15 is 0 Å². The Morgan fingerprint density at radius 3 is 2.25 bits per heavy atom. The second kappa shape index (κ2) is 11.3. The lowest BCUT2D eigenvalue weighted by Gasteiger charge is -2.54. The number of hydrazine groups is 1. The summed E-state index contributed by atoms with van der Waals surface area (Å²) in [7, 11) is 1.66. The molecule has 4 rings (SSSR count). The van der Waals surface area contributed by atoms with Gasteiger partial charge in [0.15, 0.2) is 0 Å². The van der Waals surface area contributed by atoms with Crippen LogP contribution in [0.4, 0.5) is 13.6 Å². The van der Waals surface area contributed by atoms with E-state index in [1.54, 1.807) is 53.0 Å². The van der Waals surface area contributed by atoms with Crippen molar-refractivity contribution >= 4 is 29.6 Å². The fourth-order valence-electron chi connectivity index (χ4n) is 4.62. The predicted octanol–water partition coefficient (Wildman–Crippen LogP) is 2.66. The number of rotatable bonds is 7. The number of likely N-dealkylation sites (N-methyl/N-ethyl adjacent to an activating group) is 1. The third kappa shape index (κ3) is 5.62. The van der Waals surface area contributed by atoms with Crippen LogP contribution in [0, 0.1) is 11.6 Å². The molecule has 1 N–H and O–H groups in total. The molecular weight excluding hydrogens is 488 g/mol. The Morgan fingerprint density at radius 2 is 1.64 bits per heavy atom. The Morgan fingerprint density at radius 1 is 1.03 bits per heavy atom. The van der Waals surface area contributed by atoms with E-state index in [4.69, 9.17) is 0 Å². The van der Waals surface area contributed by atoms with Crippen LogP contribution in [0.5, 0.6) is 0 Å². The molecule has 2 saturated heterocycles. The first kappa shape index (κ1) is 25.9. The number of carbonyl (C=O) groups excluding carboxylic acids is 3. The van der Waals surface area contributed by atoms with Crippen molar-refractivity contribution in [2.75, 3.05) is 32.1 Å². The number of nitrogens with one attached hydrogen (secondary N) is 1. The first-order valence-corrected chi connectivity index (χ1v) is 13.0. The summed E-state index contributed by atoms with van der Waals surface area (Å²) in [4.78, 5) is 43.1. The summed E-state index contributed by atoms with van der Waals surface area (Å²) in [5.74, 6) is -0.458. The minimum atomic E-state index is -0.703. The first-order chi connectivity index (χ1) is 17.3. The number of fused-ring (bicyclic) bond motifs is 1. The van der Waals surface area contributed by atoms with Gasteiger partial charge in [0.1, 0.15) is 23.8 Å². The van der Waals surface area contributed by atoms with Gasteiger partial charge in [-0.15, -0.1) is 0 Å². The number of urea groups is 1. The maximum absolute atomic E-state index is 13.5. The Labute approximate surface area is 213 Å². The zero-order valence-electron chi connectivity index (χ0n) is 20.2. The predicted molar refractivity (Wildman–Crippen MR) is 132 cm³/mol. The molecule has 192 valence electrons. The molecular formula is C25H29F2N5O3S. The summed E-state index contributed by atoms with van der Waals surface area (Å²) in [5, 5.41) is 5.87. The minimum absolute atomic E-state index is 0.0402. The van der Waals surface area contributed by atoms with Crippen LogP contribution in [0.2, 0.25) is 0 Å². The molecule has 0 bridgehead atoms. The maximum atomic E-state index is 13.5. The van der Waals surface area contributed by atoms with Crippen LogP contribution in [-0.2, 0) is 22.7 Å². The van der Waals surface area contributed by atoms with Crippen molar-refractivity contribution in [2.24, 2.45) is 0 Å². The second-order valence-corrected chi connectivity index (χ2v) is 9.86. The highest BCUT2D eigenvalue weighted by molar-refractivity contribution is 7.98. The van der Waals surface area contributed by atoms with Gasteiger partial charge in [0.05, 0.1) is 13.1 Å². The molecule has 2 fully saturated rings. The maximum Gasteiger partial charge on any atom is 0.334 e. The largest absolute Gasteiger partial charge is 0.334 e. The number of benzene rings is 2. The average Bonchev–Trinajstić information content (AvgIpc) is 2.85. The summed E-state index contributed by atoms with van der Waals surface area (Å²) < 4.78 is 26.6. The van der Waals surface area contributed by atoms with E-state index < -0.39 is 18.2 Å². The van der Waals surface area contributed by atoms with Crippen molar-refractivity contribution < 1.29 is 23.2 Å². The van der Waals surface area contributed by atoms with Gasteiger partial charge in [-0.3, -0.25) is 9.59 Å². The van der Waals surface area contributed by atoms with Crippen molar-refractivity contribution in [2.45, 2.75) is 31.7 Å². The molecule has 0 radical (unpaired) electrons. The number of piperazine rings is 1. The van der Waals surface area contributed by atoms with E-state index in [2.05, 4.69) is 5.32 Å². The Bertz CT molecular complexity index is 1100. The van der Waals surface area contributed by atoms with Crippen molar-refractivity contribution in [3.8, 4) is 0 Å². The summed E-state index contributed by atoms with van der Waals surface area (Å²) in [6.45, 7) is 0.494. The van der Waals surface area contributed by atoms with E-state index in [0.29, 0.717) is 12.2 Å². The molecule has 11 heteroatoms. The molecule has 2 atom stereocenters. The molecule has 1 unspecified atom stereocenters. The van der Waals surface area contributed by atoms with Gasteiger partial charge < -0.3 is 15.1 Å². The molecule has 0 spiro atoms. The van der Waals surface area contributed by atoms with Crippen LogP contribution in [0.3, 0.4) is 0 Å². The lowest BCUT2D eigenvalue weighted by Crippen LogP contribution is -2.75. The fraction of sp³-hybridized carbons (Fsp3) is 0.400. The highest BCUT2D eigenvalue weighted by atomic mass is 32.2. The normalized spacial score (nSPS) is 20.5. The van der Waals surface area contributed by atoms with Gasteiger partial charge in [0.25, 0.3) is 0 Å². The van der Waals surface area contributed by atoms with Gasteiger partial charge in [0, 0.05) is 20.1 Å². The number of carbonyl (C=O) groups is 3. The highest BCUT2D eigenvalue weighted by Crippen LogP contribution is 2.29. The number of halogens is 2. The summed E-state index contributed by atoms with van der Waals surface area (Å²) in [6.07, 6.45) is 1.69. The number of nitrogens with zero attached hydrogens (tertiary/aromatic N) is 4. The molecule has 2 aliphatic heterocycles. The van der Waals surface area contributed by atoms with Crippen LogP contribution in [-0.4, -0.2) is 82.0 Å². The van der Waals surface area contributed by atoms with Crippen molar-refractivity contribution in [3.63, 3.8) is 0 Å². The minimum Gasteiger partial charge on any atom is -0.333 e. The van der Waals surface area contributed by atoms with E-state index in [1.165, 1.54) is 34.2 Å². The van der Waals surface area contributed by atoms with E-state index in [-0.39, 0.29) is 49.6 Å². The summed E-state index contributed by atoms with van der Waals surface area (Å²) >= 11 is 1.58. The molecule has 0 saturated carbocycles. The quantitative estimate of drug-likeness (QED) is 0.611. The van der Waals surface area contributed by atoms with Crippen molar-refractivity contribution in [1.82, 2.24) is 25.1 Å². The van der Waals surface area contributed by atoms with Gasteiger partial charge >= 0.3 is 6.03 Å². The molecule has 4 amide bonds. The first-order valence-electron chi connectivity index (χ1n) is 11.6. The van der Waals surface area contributed by atoms with Gasteiger partial charge in [-0.2, -0.15) is 11.8 Å². The smallest absolute Gasteiger partial charge is 0.333 e. The molecule has 2 heterocycles. The Balaban J connectivity index is 1.58. The third-order valence-corrected chi connectivity index (χ3v) is 7.03. The standard InChI is InChI=1S/C25H29F2N5O3S/c1-29-16-23(33)31-21(11-12-36-2)24(34)30(14-18-5-9-20(27)10-6-18)15-22(31)32(29)25(35)28-13-17-3-7-19(26)8-4-17/h3-10,21-22H,11-16H2,1-2H3,(H,28,35)/t21-,22?/m0/s1. The Kier molecular flexibility index (Phi) is 8.10. The molecule has 8 nitrogen and oxygen atoms in total. The SMILES string of the molecule is CSCC[C@H]1C(=O)N(Cc2ccc(F)cc2)CC2N1C(=O)CN(C)N2C(=O)NCc1ccc(F)cc1. The van der Waals surface area contributed by atoms with E-state index in [9.17, 15) is 23.2 Å². The molecule has 2 aromatic carbocycles. The van der Waals surface area contributed by atoms with Crippen LogP contribution >= 0.6 is 11.8 Å². The topological polar surface area (TPSA) is 76.2 Å². The van der Waals surface area contributed by atoms with Gasteiger partial charge in [-0.05, 0) is 53.8 Å². The number of amides is 4. The van der Waals surface area contributed by atoms with Crippen LogP contribution in [0.1, 0.15) is 17.5 Å². The average molecular weight is 518 g/mol. The van der Waals surface area contributed by atoms with Gasteiger partial charge in [0.2, 0.25) is 11.8 Å². The fourth-order valence-corrected chi connectivity index (χ4v) is 5.08. The van der Waals surface area contributed by atoms with Crippen molar-refractivity contribution in [1.29, 1.82) is 0 Å². The zero-order chi connectivity index (χ0) is 25.8. The molecule has 0 aliphatic carbocycles. The molecule has 36 heavy (non-hydrogen) atoms. The molecule has 2 aliphatic rings. The van der Waals surface area contributed by atoms with E-state index in [0.717, 1.165) is 11.1 Å². The molecule has 2 aromatic rings. The van der Waals surface area contributed by atoms with E-state index in [1.807, 2.05) is 6.26 Å². The molecule has 0 aromatic heterocycles. The van der Waals surface area contributed by atoms with Crippen LogP contribution in [0.15, 0.2) is 48.5 Å². The number of hydrogen-bond donors (Lipinski definition) is 1. The Hall–Kier alpha value is -3.18. The monoisotopic (exact) mass is 517 g/mol. The zero-order valence-corrected chi connectivity index (χ0v) is 21.0. The second-order valence-electron chi connectivity index (χ2n) is 8.87. The highest BCUT2D eigenvalue weighted by Gasteiger charge is 2.50. The van der Waals surface area contributed by atoms with Gasteiger partial charge in [-0.25, -0.2) is 23.6 Å². The lowest BCUT2D eigenvalue weighted by atomic mass is 10.0. The lowest BCUT2D eigenvalue weighted by molar-refractivity contribution is -0.187.